The van der Waals surface area contributed by atoms with Crippen LogP contribution in [0.15, 0.2) is 42.9 Å². The second kappa shape index (κ2) is 9.09. The lowest BCUT2D eigenvalue weighted by Crippen LogP contribution is -2.44. The number of anilines is 1. The van der Waals surface area contributed by atoms with E-state index in [1.807, 2.05) is 35.2 Å². The highest BCUT2D eigenvalue weighted by Gasteiger charge is 2.42. The van der Waals surface area contributed by atoms with Crippen LogP contribution in [0.2, 0.25) is 5.02 Å². The molecule has 2 amide bonds. The smallest absolute Gasteiger partial charge is 0.407 e. The van der Waals surface area contributed by atoms with E-state index in [1.54, 1.807) is 13.2 Å². The van der Waals surface area contributed by atoms with Crippen molar-refractivity contribution in [2.75, 3.05) is 38.1 Å². The van der Waals surface area contributed by atoms with Gasteiger partial charge in [0.2, 0.25) is 5.91 Å². The summed E-state index contributed by atoms with van der Waals surface area (Å²) in [6.45, 7) is 2.44. The number of nitrogens with zero attached hydrogens (tertiary/aromatic N) is 5. The molecule has 1 N–H and O–H groups in total. The van der Waals surface area contributed by atoms with Crippen LogP contribution >= 0.6 is 11.6 Å². The van der Waals surface area contributed by atoms with E-state index in [-0.39, 0.29) is 23.8 Å². The summed E-state index contributed by atoms with van der Waals surface area (Å²) >= 11 is 6.02. The molecular weight excluding hydrogens is 418 g/mol. The van der Waals surface area contributed by atoms with Crippen LogP contribution in [-0.4, -0.2) is 76.1 Å². The monoisotopic (exact) mass is 443 g/mol. The molecule has 2 aliphatic heterocycles. The van der Waals surface area contributed by atoms with Gasteiger partial charge in [-0.1, -0.05) is 23.7 Å². The van der Waals surface area contributed by atoms with Crippen LogP contribution < -0.4 is 4.90 Å². The number of hydrogen-bond donors (Lipinski definition) is 1. The van der Waals surface area contributed by atoms with Crippen LogP contribution in [0.4, 0.5) is 10.6 Å². The van der Waals surface area contributed by atoms with Gasteiger partial charge in [-0.15, -0.1) is 0 Å². The number of carboxylic acid groups (broad SMARTS) is 1. The van der Waals surface area contributed by atoms with E-state index in [9.17, 15) is 14.7 Å². The van der Waals surface area contributed by atoms with Gasteiger partial charge in [0.1, 0.15) is 12.1 Å². The first-order valence-corrected chi connectivity index (χ1v) is 10.8. The molecule has 2 aliphatic rings. The van der Waals surface area contributed by atoms with E-state index in [4.69, 9.17) is 11.6 Å². The Labute approximate surface area is 186 Å². The first kappa shape index (κ1) is 21.4. The Bertz CT molecular complexity index is 919. The molecule has 0 saturated carbocycles. The molecule has 2 aromatic rings. The van der Waals surface area contributed by atoms with E-state index < -0.39 is 6.09 Å². The predicted octanol–water partition coefficient (Wildman–Crippen LogP) is 2.95. The fourth-order valence-corrected chi connectivity index (χ4v) is 4.75. The largest absolute Gasteiger partial charge is 0.465 e. The molecule has 31 heavy (non-hydrogen) atoms. The van der Waals surface area contributed by atoms with E-state index in [1.165, 1.54) is 11.2 Å². The summed E-state index contributed by atoms with van der Waals surface area (Å²) in [7, 11) is 1.57. The van der Waals surface area contributed by atoms with Gasteiger partial charge in [-0.2, -0.15) is 0 Å². The number of carbonyl (C=O) groups is 2. The van der Waals surface area contributed by atoms with Crippen molar-refractivity contribution in [2.45, 2.75) is 24.8 Å². The molecule has 2 saturated heterocycles. The highest BCUT2D eigenvalue weighted by atomic mass is 35.5. The number of likely N-dealkylation sites (tertiary alicyclic amines) is 1. The second-order valence-electron chi connectivity index (χ2n) is 8.19. The van der Waals surface area contributed by atoms with Gasteiger partial charge in [0, 0.05) is 56.3 Å². The Hall–Kier alpha value is -2.87. The number of benzene rings is 1. The zero-order valence-corrected chi connectivity index (χ0v) is 18.1. The minimum Gasteiger partial charge on any atom is -0.465 e. The molecule has 0 radical (unpaired) electrons. The predicted molar refractivity (Wildman–Crippen MR) is 117 cm³/mol. The summed E-state index contributed by atoms with van der Waals surface area (Å²) in [5.74, 6) is 0.858. The molecule has 3 heterocycles. The van der Waals surface area contributed by atoms with Crippen LogP contribution in [-0.2, 0) is 4.79 Å². The number of halogens is 1. The van der Waals surface area contributed by atoms with E-state index in [0.717, 1.165) is 37.3 Å². The van der Waals surface area contributed by atoms with Crippen molar-refractivity contribution < 1.29 is 14.7 Å². The lowest BCUT2D eigenvalue weighted by Gasteiger charge is -2.33. The molecule has 4 rings (SSSR count). The number of hydrogen-bond acceptors (Lipinski definition) is 5. The van der Waals surface area contributed by atoms with Crippen molar-refractivity contribution in [3.05, 3.63) is 53.4 Å². The SMILES string of the molecule is CN(C(=O)O)[C@@H]1CN(C(=O)C2CCN(c3ccncn3)CC2)C[C@H]1c1ccc(Cl)cc1. The van der Waals surface area contributed by atoms with Gasteiger partial charge in [-0.05, 0) is 36.6 Å². The van der Waals surface area contributed by atoms with Crippen LogP contribution in [0.5, 0.6) is 0 Å². The summed E-state index contributed by atoms with van der Waals surface area (Å²) in [5, 5.41) is 10.2. The Morgan fingerprint density at radius 3 is 2.45 bits per heavy atom. The molecule has 1 aromatic carbocycles. The van der Waals surface area contributed by atoms with Gasteiger partial charge in [0.25, 0.3) is 0 Å². The molecule has 8 nitrogen and oxygen atoms in total. The van der Waals surface area contributed by atoms with Crippen LogP contribution in [0.25, 0.3) is 0 Å². The number of carbonyl (C=O) groups excluding carboxylic acids is 1. The molecule has 2 atom stereocenters. The van der Waals surface area contributed by atoms with Gasteiger partial charge < -0.3 is 19.8 Å². The Morgan fingerprint density at radius 2 is 1.84 bits per heavy atom. The van der Waals surface area contributed by atoms with E-state index >= 15 is 0 Å². The lowest BCUT2D eigenvalue weighted by atomic mass is 9.93. The van der Waals surface area contributed by atoms with Gasteiger partial charge in [-0.25, -0.2) is 14.8 Å². The number of amides is 2. The maximum atomic E-state index is 13.3. The van der Waals surface area contributed by atoms with Crippen molar-refractivity contribution >= 4 is 29.4 Å². The maximum absolute atomic E-state index is 13.3. The van der Waals surface area contributed by atoms with Crippen LogP contribution in [0.3, 0.4) is 0 Å². The number of rotatable bonds is 4. The van der Waals surface area contributed by atoms with Crippen molar-refractivity contribution in [1.29, 1.82) is 0 Å². The molecule has 9 heteroatoms. The minimum atomic E-state index is -0.989. The van der Waals surface area contributed by atoms with Gasteiger partial charge in [0.15, 0.2) is 0 Å². The highest BCUT2D eigenvalue weighted by molar-refractivity contribution is 6.30. The number of aromatic nitrogens is 2. The molecule has 0 unspecified atom stereocenters. The molecule has 0 spiro atoms. The fraction of sp³-hybridized carbons (Fsp3) is 0.455. The molecule has 1 aromatic heterocycles. The number of likely N-dealkylation sites (N-methyl/N-ethyl adjacent to an activating group) is 1. The summed E-state index contributed by atoms with van der Waals surface area (Å²) in [6, 6.07) is 9.05. The first-order valence-electron chi connectivity index (χ1n) is 10.4. The molecule has 0 bridgehead atoms. The molecule has 0 aliphatic carbocycles. The zero-order valence-electron chi connectivity index (χ0n) is 17.4. The average Bonchev–Trinajstić information content (AvgIpc) is 3.24. The Balaban J connectivity index is 1.44. The van der Waals surface area contributed by atoms with Crippen LogP contribution in [0, 0.1) is 5.92 Å². The van der Waals surface area contributed by atoms with Crippen LogP contribution in [0.1, 0.15) is 24.3 Å². The standard InChI is InChI=1S/C22H26ClN5O3/c1-26(22(30)31)19-13-28(12-18(19)15-2-4-17(23)5-3-15)21(29)16-7-10-27(11-8-16)20-6-9-24-14-25-20/h2-6,9,14,16,18-19H,7-8,10-13H2,1H3,(H,30,31)/t18-,19+/m0/s1. The minimum absolute atomic E-state index is 0.0576. The average molecular weight is 444 g/mol. The first-order chi connectivity index (χ1) is 14.9. The third-order valence-electron chi connectivity index (χ3n) is 6.43. The van der Waals surface area contributed by atoms with Gasteiger partial charge in [0.05, 0.1) is 6.04 Å². The fourth-order valence-electron chi connectivity index (χ4n) is 4.62. The zero-order chi connectivity index (χ0) is 22.0. The quantitative estimate of drug-likeness (QED) is 0.781. The van der Waals surface area contributed by atoms with Gasteiger partial charge in [-0.3, -0.25) is 4.79 Å². The van der Waals surface area contributed by atoms with Crippen molar-refractivity contribution in [3.63, 3.8) is 0 Å². The van der Waals surface area contributed by atoms with Crippen molar-refractivity contribution in [1.82, 2.24) is 19.8 Å². The summed E-state index contributed by atoms with van der Waals surface area (Å²) in [4.78, 5) is 38.5. The third-order valence-corrected chi connectivity index (χ3v) is 6.68. The van der Waals surface area contributed by atoms with E-state index in [2.05, 4.69) is 14.9 Å². The Kier molecular flexibility index (Phi) is 6.27. The number of piperidine rings is 1. The van der Waals surface area contributed by atoms with Crippen molar-refractivity contribution in [2.24, 2.45) is 5.92 Å². The lowest BCUT2D eigenvalue weighted by molar-refractivity contribution is -0.135. The van der Waals surface area contributed by atoms with E-state index in [0.29, 0.717) is 18.1 Å². The second-order valence-corrected chi connectivity index (χ2v) is 8.63. The normalized spacial score (nSPS) is 21.9. The molecule has 2 fully saturated rings. The third kappa shape index (κ3) is 4.58. The van der Waals surface area contributed by atoms with Crippen molar-refractivity contribution in [3.8, 4) is 0 Å². The highest BCUT2D eigenvalue weighted by Crippen LogP contribution is 2.33. The van der Waals surface area contributed by atoms with Gasteiger partial charge >= 0.3 is 6.09 Å². The summed E-state index contributed by atoms with van der Waals surface area (Å²) < 4.78 is 0. The summed E-state index contributed by atoms with van der Waals surface area (Å²) in [5.41, 5.74) is 0.997. The maximum Gasteiger partial charge on any atom is 0.407 e. The molecule has 164 valence electrons. The topological polar surface area (TPSA) is 89.9 Å². The summed E-state index contributed by atoms with van der Waals surface area (Å²) in [6.07, 6.45) is 3.78. The molecular formula is C22H26ClN5O3. The Morgan fingerprint density at radius 1 is 1.13 bits per heavy atom.